The van der Waals surface area contributed by atoms with E-state index in [2.05, 4.69) is 55.4 Å². The summed E-state index contributed by atoms with van der Waals surface area (Å²) >= 11 is 18.8. The summed E-state index contributed by atoms with van der Waals surface area (Å²) in [5, 5.41) is 0. The third-order valence-corrected chi connectivity index (χ3v) is 3.54. The molecule has 2 nitrogen and oxygen atoms in total. The molecule has 0 spiro atoms. The Morgan fingerprint density at radius 3 is 1.04 bits per heavy atom. The fourth-order valence-corrected chi connectivity index (χ4v) is 2.44. The summed E-state index contributed by atoms with van der Waals surface area (Å²) in [7, 11) is 0. The van der Waals surface area contributed by atoms with Crippen LogP contribution in [-0.2, 0) is 51.8 Å². The zero-order chi connectivity index (χ0) is 18.1. The van der Waals surface area contributed by atoms with Crippen molar-refractivity contribution in [2.24, 2.45) is 10.8 Å². The van der Waals surface area contributed by atoms with Gasteiger partial charge in [0.25, 0.3) is 0 Å². The molecule has 0 aliphatic heterocycles. The zero-order valence-corrected chi connectivity index (χ0v) is 19.5. The first-order valence-corrected chi connectivity index (χ1v) is 9.14. The molecule has 0 heterocycles. The summed E-state index contributed by atoms with van der Waals surface area (Å²) in [6.07, 6.45) is 2.18. The SMILES string of the molecule is CCC(OC(=S)[S-])C(C)(C)C.CCC(OC(=S)[S-])C(C)(C)C.[Cu+2]. The topological polar surface area (TPSA) is 18.5 Å². The summed E-state index contributed by atoms with van der Waals surface area (Å²) in [5.74, 6) is 0. The molecule has 23 heavy (non-hydrogen) atoms. The second-order valence-electron chi connectivity index (χ2n) is 7.26. The van der Waals surface area contributed by atoms with Crippen molar-refractivity contribution in [1.29, 1.82) is 0 Å². The van der Waals surface area contributed by atoms with E-state index in [0.717, 1.165) is 12.8 Å². The van der Waals surface area contributed by atoms with Crippen molar-refractivity contribution in [3.63, 3.8) is 0 Å². The van der Waals surface area contributed by atoms with Crippen LogP contribution >= 0.6 is 24.4 Å². The van der Waals surface area contributed by atoms with Gasteiger partial charge in [0.2, 0.25) is 0 Å². The van der Waals surface area contributed by atoms with Gasteiger partial charge in [0.15, 0.2) is 0 Å². The van der Waals surface area contributed by atoms with Crippen molar-refractivity contribution in [1.82, 2.24) is 0 Å². The van der Waals surface area contributed by atoms with Gasteiger partial charge >= 0.3 is 17.1 Å². The summed E-state index contributed by atoms with van der Waals surface area (Å²) in [5.41, 5.74) is 0.245. The monoisotopic (exact) mass is 445 g/mol. The van der Waals surface area contributed by atoms with E-state index in [1.54, 1.807) is 0 Å². The van der Waals surface area contributed by atoms with Gasteiger partial charge < -0.3 is 59.2 Å². The van der Waals surface area contributed by atoms with Crippen LogP contribution in [0.4, 0.5) is 0 Å². The van der Waals surface area contributed by atoms with Crippen LogP contribution in [0.1, 0.15) is 68.2 Å². The predicted octanol–water partition coefficient (Wildman–Crippen LogP) is 5.32. The van der Waals surface area contributed by atoms with Crippen molar-refractivity contribution in [3.8, 4) is 0 Å². The number of hydrogen-bond donors (Lipinski definition) is 0. The van der Waals surface area contributed by atoms with Crippen LogP contribution in [0.3, 0.4) is 0 Å². The van der Waals surface area contributed by atoms with Gasteiger partial charge in [0, 0.05) is 8.77 Å². The van der Waals surface area contributed by atoms with E-state index in [-0.39, 0.29) is 48.9 Å². The van der Waals surface area contributed by atoms with Crippen LogP contribution in [0.25, 0.3) is 0 Å². The molecule has 2 atom stereocenters. The van der Waals surface area contributed by atoms with E-state index in [1.165, 1.54) is 0 Å². The minimum absolute atomic E-state index is 0. The predicted molar refractivity (Wildman–Crippen MR) is 109 cm³/mol. The van der Waals surface area contributed by atoms with Crippen molar-refractivity contribution >= 4 is 58.5 Å². The quantitative estimate of drug-likeness (QED) is 0.329. The summed E-state index contributed by atoms with van der Waals surface area (Å²) in [6, 6.07) is 0. The van der Waals surface area contributed by atoms with Gasteiger partial charge in [-0.3, -0.25) is 0 Å². The molecule has 0 N–H and O–H groups in total. The third kappa shape index (κ3) is 16.0. The number of ether oxygens (including phenoxy) is 2. The van der Waals surface area contributed by atoms with Gasteiger partial charge in [-0.1, -0.05) is 55.4 Å². The first-order valence-electron chi connectivity index (χ1n) is 7.50. The first kappa shape index (κ1) is 28.5. The number of hydrogen-bond acceptors (Lipinski definition) is 6. The van der Waals surface area contributed by atoms with Crippen LogP contribution in [0.2, 0.25) is 0 Å². The normalized spacial score (nSPS) is 13.6. The maximum Gasteiger partial charge on any atom is 2.00 e. The van der Waals surface area contributed by atoms with Crippen molar-refractivity contribution < 1.29 is 26.5 Å². The van der Waals surface area contributed by atoms with Gasteiger partial charge in [-0.15, -0.1) is 0 Å². The van der Waals surface area contributed by atoms with Gasteiger partial charge in [-0.05, 0) is 23.7 Å². The van der Waals surface area contributed by atoms with Crippen LogP contribution in [0.15, 0.2) is 0 Å². The largest absolute Gasteiger partial charge is 2.00 e. The van der Waals surface area contributed by atoms with E-state index in [1.807, 2.05) is 0 Å². The molecule has 0 saturated carbocycles. The van der Waals surface area contributed by atoms with Gasteiger partial charge in [-0.25, -0.2) is 0 Å². The van der Waals surface area contributed by atoms with Crippen LogP contribution in [-0.4, -0.2) is 21.0 Å². The molecule has 141 valence electrons. The Morgan fingerprint density at radius 2 is 1.00 bits per heavy atom. The van der Waals surface area contributed by atoms with Gasteiger partial charge in [0.05, 0.1) is 0 Å². The minimum atomic E-state index is 0. The number of thiocarbonyl (C=S) groups is 2. The maximum atomic E-state index is 5.31. The second kappa shape index (κ2) is 13.0. The van der Waals surface area contributed by atoms with Gasteiger partial charge in [-0.2, -0.15) is 0 Å². The van der Waals surface area contributed by atoms with Crippen LogP contribution in [0, 0.1) is 10.8 Å². The molecule has 0 bridgehead atoms. The van der Waals surface area contributed by atoms with Crippen molar-refractivity contribution in [2.45, 2.75) is 80.4 Å². The molecule has 0 aromatic rings. The Hall–Kier alpha value is 0.739. The molecule has 0 aliphatic carbocycles. The van der Waals surface area contributed by atoms with E-state index in [0.29, 0.717) is 0 Å². The minimum Gasteiger partial charge on any atom is -0.510 e. The molecular weight excluding hydrogens is 416 g/mol. The Labute approximate surface area is 175 Å². The summed E-state index contributed by atoms with van der Waals surface area (Å²) < 4.78 is 11.1. The first-order chi connectivity index (χ1) is 9.75. The molecule has 1 radical (unpaired) electrons. The Kier molecular flexibility index (Phi) is 16.1. The smallest absolute Gasteiger partial charge is 0.510 e. The molecule has 0 aromatic heterocycles. The van der Waals surface area contributed by atoms with E-state index < -0.39 is 0 Å². The molecule has 0 aliphatic rings. The van der Waals surface area contributed by atoms with Crippen molar-refractivity contribution in [2.75, 3.05) is 0 Å². The van der Waals surface area contributed by atoms with Crippen LogP contribution < -0.4 is 0 Å². The molecular formula is C16H30CuO2S4. The molecule has 0 fully saturated rings. The molecule has 0 rings (SSSR count). The van der Waals surface area contributed by atoms with E-state index in [4.69, 9.17) is 59.2 Å². The fourth-order valence-electron chi connectivity index (χ4n) is 1.98. The fraction of sp³-hybridized carbons (Fsp3) is 0.875. The average molecular weight is 446 g/mol. The third-order valence-electron chi connectivity index (χ3n) is 3.15. The standard InChI is InChI=1S/2C8H16OS2.Cu/c2*1-5-6(8(2,3)4)9-7(10)11;/h2*6H,5H2,1-4H3,(H,10,11);/q;;+2/p-2. The summed E-state index contributed by atoms with van der Waals surface area (Å²) in [6.45, 7) is 16.9. The van der Waals surface area contributed by atoms with Gasteiger partial charge in [0.1, 0.15) is 12.2 Å². The van der Waals surface area contributed by atoms with E-state index in [9.17, 15) is 0 Å². The molecule has 0 saturated heterocycles. The average Bonchev–Trinajstić information content (AvgIpc) is 2.30. The molecule has 0 aromatic carbocycles. The zero-order valence-electron chi connectivity index (χ0n) is 15.3. The Balaban J connectivity index is -0.000000333. The molecule has 0 amide bonds. The second-order valence-corrected chi connectivity index (χ2v) is 9.26. The van der Waals surface area contributed by atoms with Crippen molar-refractivity contribution in [3.05, 3.63) is 0 Å². The van der Waals surface area contributed by atoms with E-state index >= 15 is 0 Å². The molecule has 2 unspecified atom stereocenters. The Bertz CT molecular complexity index is 315. The van der Waals surface area contributed by atoms with Crippen LogP contribution in [0.5, 0.6) is 0 Å². The Morgan fingerprint density at radius 1 is 0.783 bits per heavy atom. The molecule has 7 heteroatoms. The number of rotatable bonds is 4. The maximum absolute atomic E-state index is 5.31. The summed E-state index contributed by atoms with van der Waals surface area (Å²) in [4.78, 5) is 0.